The van der Waals surface area contributed by atoms with E-state index in [0.29, 0.717) is 23.5 Å². The van der Waals surface area contributed by atoms with Crippen LogP contribution in [0, 0.1) is 5.82 Å². The van der Waals surface area contributed by atoms with Gasteiger partial charge in [-0.25, -0.2) is 9.37 Å². The summed E-state index contributed by atoms with van der Waals surface area (Å²) < 4.78 is 21.1. The number of imidazole rings is 1. The minimum absolute atomic E-state index is 0.0815. The Labute approximate surface area is 117 Å². The van der Waals surface area contributed by atoms with Crippen molar-refractivity contribution >= 4 is 22.6 Å². The van der Waals surface area contributed by atoms with Gasteiger partial charge < -0.3 is 9.30 Å². The van der Waals surface area contributed by atoms with E-state index in [2.05, 4.69) is 4.98 Å². The molecule has 19 heavy (non-hydrogen) atoms. The number of nitrogens with zero attached hydrogens (tertiary/aromatic N) is 2. The number of fused-ring (bicyclic) bond motifs is 1. The Balaban J connectivity index is 2.57. The van der Waals surface area contributed by atoms with Gasteiger partial charge in [-0.1, -0.05) is 6.07 Å². The zero-order chi connectivity index (χ0) is 14.0. The first kappa shape index (κ1) is 14.3. The van der Waals surface area contributed by atoms with Crippen molar-refractivity contribution in [3.05, 3.63) is 29.8 Å². The summed E-state index contributed by atoms with van der Waals surface area (Å²) in [5.41, 5.74) is 1.17. The van der Waals surface area contributed by atoms with Crippen molar-refractivity contribution in [3.8, 4) is 0 Å². The van der Waals surface area contributed by atoms with Gasteiger partial charge in [0, 0.05) is 19.8 Å². The van der Waals surface area contributed by atoms with E-state index in [-0.39, 0.29) is 17.2 Å². The molecule has 0 fully saturated rings. The highest BCUT2D eigenvalue weighted by Gasteiger charge is 2.21. The van der Waals surface area contributed by atoms with Crippen molar-refractivity contribution in [1.82, 2.24) is 9.55 Å². The minimum Gasteiger partial charge on any atom is -0.385 e. The third-order valence-corrected chi connectivity index (χ3v) is 3.42. The molecular weight excluding hydrogens is 267 g/mol. The molecule has 104 valence electrons. The Bertz CT molecular complexity index is 568. The summed E-state index contributed by atoms with van der Waals surface area (Å²) in [5, 5.41) is -0.267. The number of para-hydroxylation sites is 1. The summed E-state index contributed by atoms with van der Waals surface area (Å²) in [7, 11) is 1.66. The molecule has 0 aliphatic carbocycles. The summed E-state index contributed by atoms with van der Waals surface area (Å²) in [4.78, 5) is 4.45. The van der Waals surface area contributed by atoms with Crippen LogP contribution in [0.5, 0.6) is 0 Å². The molecule has 1 heterocycles. The lowest BCUT2D eigenvalue weighted by molar-refractivity contribution is 0.181. The molecule has 0 radical (unpaired) electrons. The van der Waals surface area contributed by atoms with Crippen LogP contribution in [0.2, 0.25) is 0 Å². The zero-order valence-corrected chi connectivity index (χ0v) is 12.1. The van der Waals surface area contributed by atoms with Crippen molar-refractivity contribution in [2.45, 2.75) is 31.7 Å². The molecule has 0 aliphatic heterocycles. The first-order valence-electron chi connectivity index (χ1n) is 6.35. The van der Waals surface area contributed by atoms with Gasteiger partial charge >= 0.3 is 0 Å². The van der Waals surface area contributed by atoms with Gasteiger partial charge in [0.25, 0.3) is 0 Å². The van der Waals surface area contributed by atoms with Gasteiger partial charge in [-0.3, -0.25) is 0 Å². The fourth-order valence-electron chi connectivity index (χ4n) is 2.27. The Morgan fingerprint density at radius 1 is 1.42 bits per heavy atom. The van der Waals surface area contributed by atoms with Crippen LogP contribution in [-0.4, -0.2) is 23.3 Å². The highest BCUT2D eigenvalue weighted by atomic mass is 35.5. The normalized spacial score (nSPS) is 14.8. The molecule has 2 unspecified atom stereocenters. The van der Waals surface area contributed by atoms with Crippen LogP contribution in [-0.2, 0) is 4.74 Å². The molecule has 0 N–H and O–H groups in total. The number of hydrogen-bond donors (Lipinski definition) is 0. The van der Waals surface area contributed by atoms with Gasteiger partial charge in [-0.15, -0.1) is 11.6 Å². The van der Waals surface area contributed by atoms with Crippen molar-refractivity contribution in [3.63, 3.8) is 0 Å². The van der Waals surface area contributed by atoms with Crippen LogP contribution in [0.4, 0.5) is 4.39 Å². The summed E-state index contributed by atoms with van der Waals surface area (Å²) in [6, 6.07) is 5.00. The average molecular weight is 285 g/mol. The van der Waals surface area contributed by atoms with E-state index in [1.807, 2.05) is 18.4 Å². The number of aromatic nitrogens is 2. The van der Waals surface area contributed by atoms with Crippen LogP contribution < -0.4 is 0 Å². The van der Waals surface area contributed by atoms with Gasteiger partial charge in [-0.05, 0) is 32.4 Å². The molecule has 0 saturated heterocycles. The average Bonchev–Trinajstić information content (AvgIpc) is 2.77. The molecule has 5 heteroatoms. The summed E-state index contributed by atoms with van der Waals surface area (Å²) in [5.74, 6) is 0.434. The summed E-state index contributed by atoms with van der Waals surface area (Å²) in [6.45, 7) is 4.49. The van der Waals surface area contributed by atoms with Gasteiger partial charge in [0.1, 0.15) is 17.2 Å². The van der Waals surface area contributed by atoms with Gasteiger partial charge in [-0.2, -0.15) is 0 Å². The fourth-order valence-corrected chi connectivity index (χ4v) is 2.42. The third kappa shape index (κ3) is 2.74. The molecule has 2 atom stereocenters. The molecule has 2 aromatic rings. The highest BCUT2D eigenvalue weighted by Crippen LogP contribution is 2.30. The highest BCUT2D eigenvalue weighted by molar-refractivity contribution is 6.20. The van der Waals surface area contributed by atoms with Crippen LogP contribution in [0.3, 0.4) is 0 Å². The third-order valence-electron chi connectivity index (χ3n) is 3.22. The predicted molar refractivity (Wildman–Crippen MR) is 75.2 cm³/mol. The maximum Gasteiger partial charge on any atom is 0.149 e. The second-order valence-electron chi connectivity index (χ2n) is 4.69. The van der Waals surface area contributed by atoms with E-state index in [9.17, 15) is 4.39 Å². The number of hydrogen-bond acceptors (Lipinski definition) is 2. The smallest absolute Gasteiger partial charge is 0.149 e. The monoisotopic (exact) mass is 284 g/mol. The molecule has 0 saturated carbocycles. The van der Waals surface area contributed by atoms with Crippen LogP contribution >= 0.6 is 11.6 Å². The number of benzene rings is 1. The second kappa shape index (κ2) is 5.88. The SMILES string of the molecule is COCCC(C)n1c(C(C)Cl)nc2cccc(F)c21. The maximum atomic E-state index is 14.1. The number of halogens is 2. The fraction of sp³-hybridized carbons (Fsp3) is 0.500. The lowest BCUT2D eigenvalue weighted by atomic mass is 10.2. The molecule has 0 amide bonds. The van der Waals surface area contributed by atoms with Crippen molar-refractivity contribution in [1.29, 1.82) is 0 Å². The molecule has 0 spiro atoms. The van der Waals surface area contributed by atoms with Crippen LogP contribution in [0.15, 0.2) is 18.2 Å². The van der Waals surface area contributed by atoms with Crippen molar-refractivity contribution in [2.75, 3.05) is 13.7 Å². The first-order chi connectivity index (χ1) is 9.06. The molecular formula is C14H18ClFN2O. The van der Waals surface area contributed by atoms with Gasteiger partial charge in [0.05, 0.1) is 10.9 Å². The van der Waals surface area contributed by atoms with Gasteiger partial charge in [0.15, 0.2) is 0 Å². The van der Waals surface area contributed by atoms with Crippen molar-refractivity contribution in [2.24, 2.45) is 0 Å². The number of alkyl halides is 1. The number of ether oxygens (including phenoxy) is 1. The molecule has 2 rings (SSSR count). The van der Waals surface area contributed by atoms with E-state index >= 15 is 0 Å². The molecule has 0 bridgehead atoms. The Morgan fingerprint density at radius 3 is 2.79 bits per heavy atom. The van der Waals surface area contributed by atoms with Gasteiger partial charge in [0.2, 0.25) is 0 Å². The molecule has 1 aromatic carbocycles. The standard InChI is InChI=1S/C14H18ClFN2O/c1-9(7-8-19-3)18-13-11(16)5-4-6-12(13)17-14(18)10(2)15/h4-6,9-10H,7-8H2,1-3H3. The first-order valence-corrected chi connectivity index (χ1v) is 6.79. The summed E-state index contributed by atoms with van der Waals surface area (Å²) >= 11 is 6.17. The summed E-state index contributed by atoms with van der Waals surface area (Å²) in [6.07, 6.45) is 0.785. The lowest BCUT2D eigenvalue weighted by Gasteiger charge is -2.18. The van der Waals surface area contributed by atoms with E-state index in [1.54, 1.807) is 19.2 Å². The number of methoxy groups -OCH3 is 1. The lowest BCUT2D eigenvalue weighted by Crippen LogP contribution is -2.12. The minimum atomic E-state index is -0.267. The topological polar surface area (TPSA) is 27.1 Å². The van der Waals surface area contributed by atoms with Crippen molar-refractivity contribution < 1.29 is 9.13 Å². The molecule has 0 aliphatic rings. The largest absolute Gasteiger partial charge is 0.385 e. The van der Waals surface area contributed by atoms with E-state index in [1.165, 1.54) is 6.07 Å². The zero-order valence-electron chi connectivity index (χ0n) is 11.4. The van der Waals surface area contributed by atoms with E-state index in [4.69, 9.17) is 16.3 Å². The molecule has 1 aromatic heterocycles. The van der Waals surface area contributed by atoms with E-state index in [0.717, 1.165) is 6.42 Å². The Hall–Kier alpha value is -1.13. The van der Waals surface area contributed by atoms with Crippen LogP contribution in [0.25, 0.3) is 11.0 Å². The molecule has 3 nitrogen and oxygen atoms in total. The predicted octanol–water partition coefficient (Wildman–Crippen LogP) is 4.07. The van der Waals surface area contributed by atoms with E-state index < -0.39 is 0 Å². The number of rotatable bonds is 5. The maximum absolute atomic E-state index is 14.1. The van der Waals surface area contributed by atoms with Crippen LogP contribution in [0.1, 0.15) is 37.5 Å². The quantitative estimate of drug-likeness (QED) is 0.774. The Morgan fingerprint density at radius 2 is 2.16 bits per heavy atom. The Kier molecular flexibility index (Phi) is 4.42. The second-order valence-corrected chi connectivity index (χ2v) is 5.35.